The fourth-order valence-corrected chi connectivity index (χ4v) is 2.46. The molecule has 0 aromatic heterocycles. The third-order valence-corrected chi connectivity index (χ3v) is 3.55. The highest BCUT2D eigenvalue weighted by Gasteiger charge is 2.29. The summed E-state index contributed by atoms with van der Waals surface area (Å²) in [6, 6.07) is 0.0605. The Morgan fingerprint density at radius 3 is 2.38 bits per heavy atom. The van der Waals surface area contributed by atoms with Crippen LogP contribution in [0.25, 0.3) is 0 Å². The SMILES string of the molecule is CC(C)C1CCCC(NCC(F)(F)F)CC1. The Hall–Kier alpha value is -0.250. The van der Waals surface area contributed by atoms with E-state index in [2.05, 4.69) is 19.2 Å². The van der Waals surface area contributed by atoms with Crippen LogP contribution in [-0.2, 0) is 0 Å². The minimum Gasteiger partial charge on any atom is -0.306 e. The van der Waals surface area contributed by atoms with E-state index in [1.165, 1.54) is 6.42 Å². The standard InChI is InChI=1S/C12H22F3N/c1-9(2)10-4-3-5-11(7-6-10)16-8-12(13,14)15/h9-11,16H,3-8H2,1-2H3. The monoisotopic (exact) mass is 237 g/mol. The van der Waals surface area contributed by atoms with E-state index in [-0.39, 0.29) is 6.04 Å². The summed E-state index contributed by atoms with van der Waals surface area (Å²) in [5.74, 6) is 1.35. The highest BCUT2D eigenvalue weighted by molar-refractivity contribution is 4.77. The van der Waals surface area contributed by atoms with Crippen LogP contribution in [0, 0.1) is 11.8 Å². The van der Waals surface area contributed by atoms with Crippen molar-refractivity contribution in [1.29, 1.82) is 0 Å². The van der Waals surface area contributed by atoms with Gasteiger partial charge in [-0.1, -0.05) is 26.7 Å². The molecule has 1 aliphatic rings. The summed E-state index contributed by atoms with van der Waals surface area (Å²) >= 11 is 0. The second kappa shape index (κ2) is 5.89. The van der Waals surface area contributed by atoms with Crippen LogP contribution in [-0.4, -0.2) is 18.8 Å². The molecule has 0 saturated heterocycles. The van der Waals surface area contributed by atoms with Gasteiger partial charge >= 0.3 is 6.18 Å². The summed E-state index contributed by atoms with van der Waals surface area (Å²) in [4.78, 5) is 0. The molecule has 1 aliphatic carbocycles. The zero-order valence-electron chi connectivity index (χ0n) is 10.1. The van der Waals surface area contributed by atoms with Crippen molar-refractivity contribution in [1.82, 2.24) is 5.32 Å². The Morgan fingerprint density at radius 2 is 1.81 bits per heavy atom. The van der Waals surface area contributed by atoms with Crippen molar-refractivity contribution in [2.75, 3.05) is 6.54 Å². The van der Waals surface area contributed by atoms with Gasteiger partial charge in [0.2, 0.25) is 0 Å². The van der Waals surface area contributed by atoms with Gasteiger partial charge in [-0.05, 0) is 31.1 Å². The molecule has 0 bridgehead atoms. The van der Waals surface area contributed by atoms with E-state index in [1.54, 1.807) is 0 Å². The third kappa shape index (κ3) is 5.19. The zero-order chi connectivity index (χ0) is 12.2. The number of halogens is 3. The van der Waals surface area contributed by atoms with Crippen LogP contribution in [0.1, 0.15) is 46.0 Å². The molecule has 0 spiro atoms. The maximum absolute atomic E-state index is 12.1. The minimum absolute atomic E-state index is 0.0605. The molecule has 0 radical (unpaired) electrons. The van der Waals surface area contributed by atoms with Gasteiger partial charge in [0, 0.05) is 6.04 Å². The van der Waals surface area contributed by atoms with Gasteiger partial charge in [-0.2, -0.15) is 13.2 Å². The van der Waals surface area contributed by atoms with Crippen LogP contribution in [0.5, 0.6) is 0 Å². The normalized spacial score (nSPS) is 28.1. The molecule has 16 heavy (non-hydrogen) atoms. The number of hydrogen-bond donors (Lipinski definition) is 1. The molecule has 96 valence electrons. The predicted octanol–water partition coefficient (Wildman–Crippen LogP) is 3.74. The molecule has 0 aromatic carbocycles. The molecule has 0 heterocycles. The molecule has 1 saturated carbocycles. The van der Waals surface area contributed by atoms with Crippen LogP contribution < -0.4 is 5.32 Å². The van der Waals surface area contributed by atoms with Crippen molar-refractivity contribution >= 4 is 0 Å². The first-order valence-corrected chi connectivity index (χ1v) is 6.18. The predicted molar refractivity (Wildman–Crippen MR) is 59.3 cm³/mol. The van der Waals surface area contributed by atoms with E-state index < -0.39 is 12.7 Å². The maximum atomic E-state index is 12.1. The fraction of sp³-hybridized carbons (Fsp3) is 1.00. The van der Waals surface area contributed by atoms with Crippen molar-refractivity contribution < 1.29 is 13.2 Å². The number of nitrogens with one attached hydrogen (secondary N) is 1. The van der Waals surface area contributed by atoms with Crippen LogP contribution in [0.2, 0.25) is 0 Å². The van der Waals surface area contributed by atoms with Crippen molar-refractivity contribution in [3.63, 3.8) is 0 Å². The quantitative estimate of drug-likeness (QED) is 0.737. The van der Waals surface area contributed by atoms with Crippen molar-refractivity contribution in [2.24, 2.45) is 11.8 Å². The molecular formula is C12H22F3N. The Morgan fingerprint density at radius 1 is 1.12 bits per heavy atom. The number of hydrogen-bond acceptors (Lipinski definition) is 1. The molecule has 1 nitrogen and oxygen atoms in total. The van der Waals surface area contributed by atoms with Crippen molar-refractivity contribution in [3.8, 4) is 0 Å². The lowest BCUT2D eigenvalue weighted by Gasteiger charge is -2.19. The van der Waals surface area contributed by atoms with E-state index >= 15 is 0 Å². The smallest absolute Gasteiger partial charge is 0.306 e. The van der Waals surface area contributed by atoms with Gasteiger partial charge in [-0.25, -0.2) is 0 Å². The fourth-order valence-electron chi connectivity index (χ4n) is 2.46. The molecule has 0 aromatic rings. The second-order valence-corrected chi connectivity index (χ2v) is 5.21. The Balaban J connectivity index is 2.30. The lowest BCUT2D eigenvalue weighted by atomic mass is 9.89. The molecule has 4 heteroatoms. The molecule has 1 rings (SSSR count). The Bertz CT molecular complexity index is 201. The zero-order valence-corrected chi connectivity index (χ0v) is 10.1. The first-order chi connectivity index (χ1) is 7.38. The molecule has 0 amide bonds. The van der Waals surface area contributed by atoms with Crippen molar-refractivity contribution in [3.05, 3.63) is 0 Å². The summed E-state index contributed by atoms with van der Waals surface area (Å²) < 4.78 is 36.2. The highest BCUT2D eigenvalue weighted by atomic mass is 19.4. The summed E-state index contributed by atoms with van der Waals surface area (Å²) in [6.45, 7) is 3.56. The maximum Gasteiger partial charge on any atom is 0.401 e. The van der Waals surface area contributed by atoms with Crippen LogP contribution in [0.15, 0.2) is 0 Å². The first kappa shape index (κ1) is 13.8. The van der Waals surface area contributed by atoms with E-state index in [4.69, 9.17) is 0 Å². The topological polar surface area (TPSA) is 12.0 Å². The van der Waals surface area contributed by atoms with Crippen LogP contribution in [0.3, 0.4) is 0 Å². The molecular weight excluding hydrogens is 215 g/mol. The van der Waals surface area contributed by atoms with Gasteiger partial charge < -0.3 is 5.32 Å². The summed E-state index contributed by atoms with van der Waals surface area (Å²) in [5.41, 5.74) is 0. The largest absolute Gasteiger partial charge is 0.401 e. The summed E-state index contributed by atoms with van der Waals surface area (Å²) in [5, 5.41) is 2.64. The Labute approximate surface area is 95.8 Å². The molecule has 1 fully saturated rings. The van der Waals surface area contributed by atoms with Gasteiger partial charge in [-0.3, -0.25) is 0 Å². The second-order valence-electron chi connectivity index (χ2n) is 5.21. The number of alkyl halides is 3. The van der Waals surface area contributed by atoms with Gasteiger partial charge in [0.15, 0.2) is 0 Å². The molecule has 1 N–H and O–H groups in total. The summed E-state index contributed by atoms with van der Waals surface area (Å²) in [7, 11) is 0. The Kier molecular flexibility index (Phi) is 5.09. The van der Waals surface area contributed by atoms with E-state index in [1.807, 2.05) is 0 Å². The molecule has 2 unspecified atom stereocenters. The highest BCUT2D eigenvalue weighted by Crippen LogP contribution is 2.29. The average Bonchev–Trinajstić information content (AvgIpc) is 2.38. The van der Waals surface area contributed by atoms with Gasteiger partial charge in [0.25, 0.3) is 0 Å². The molecule has 2 atom stereocenters. The first-order valence-electron chi connectivity index (χ1n) is 6.18. The van der Waals surface area contributed by atoms with E-state index in [0.29, 0.717) is 11.8 Å². The lowest BCUT2D eigenvalue weighted by Crippen LogP contribution is -2.36. The number of rotatable bonds is 3. The van der Waals surface area contributed by atoms with Crippen LogP contribution >= 0.6 is 0 Å². The van der Waals surface area contributed by atoms with Crippen LogP contribution in [0.4, 0.5) is 13.2 Å². The van der Waals surface area contributed by atoms with E-state index in [9.17, 15) is 13.2 Å². The van der Waals surface area contributed by atoms with Crippen molar-refractivity contribution in [2.45, 2.75) is 58.2 Å². The average molecular weight is 237 g/mol. The third-order valence-electron chi connectivity index (χ3n) is 3.55. The minimum atomic E-state index is -4.08. The van der Waals surface area contributed by atoms with Gasteiger partial charge in [0.05, 0.1) is 6.54 Å². The molecule has 0 aliphatic heterocycles. The lowest BCUT2D eigenvalue weighted by molar-refractivity contribution is -0.126. The van der Waals surface area contributed by atoms with Gasteiger partial charge in [-0.15, -0.1) is 0 Å². The van der Waals surface area contributed by atoms with E-state index in [0.717, 1.165) is 25.7 Å². The summed E-state index contributed by atoms with van der Waals surface area (Å²) in [6.07, 6.45) is 0.982. The van der Waals surface area contributed by atoms with Gasteiger partial charge in [0.1, 0.15) is 0 Å².